The first-order valence-electron chi connectivity index (χ1n) is 7.43. The zero-order valence-corrected chi connectivity index (χ0v) is 12.4. The highest BCUT2D eigenvalue weighted by Crippen LogP contribution is 2.27. The summed E-state index contributed by atoms with van der Waals surface area (Å²) in [5.41, 5.74) is 0. The molecule has 1 saturated heterocycles. The molecule has 1 aromatic rings. The number of rotatable bonds is 4. The van der Waals surface area contributed by atoms with E-state index in [1.807, 2.05) is 11.6 Å². The molecule has 1 amide bonds. The topological polar surface area (TPSA) is 45.2 Å². The molecule has 1 fully saturated rings. The number of hydrogen-bond donors (Lipinski definition) is 1. The largest absolute Gasteiger partial charge is 0.354 e. The molecular formula is C15H21N3OS. The van der Waals surface area contributed by atoms with Gasteiger partial charge in [0.25, 0.3) is 0 Å². The van der Waals surface area contributed by atoms with Gasteiger partial charge in [-0.1, -0.05) is 12.2 Å². The van der Waals surface area contributed by atoms with Gasteiger partial charge in [-0.3, -0.25) is 4.79 Å². The number of amides is 1. The molecular weight excluding hydrogens is 270 g/mol. The molecule has 0 aromatic carbocycles. The van der Waals surface area contributed by atoms with Crippen molar-refractivity contribution in [1.29, 1.82) is 0 Å². The molecule has 2 heterocycles. The summed E-state index contributed by atoms with van der Waals surface area (Å²) in [6.07, 6.45) is 11.4. The quantitative estimate of drug-likeness (QED) is 0.867. The Kier molecular flexibility index (Phi) is 4.35. The van der Waals surface area contributed by atoms with Crippen LogP contribution in [-0.2, 0) is 4.79 Å². The van der Waals surface area contributed by atoms with E-state index in [0.717, 1.165) is 43.9 Å². The molecule has 0 saturated carbocycles. The number of aromatic nitrogens is 1. The molecule has 2 unspecified atom stereocenters. The average Bonchev–Trinajstić information content (AvgIpc) is 3.16. The minimum absolute atomic E-state index is 0.176. The van der Waals surface area contributed by atoms with Gasteiger partial charge >= 0.3 is 0 Å². The van der Waals surface area contributed by atoms with Gasteiger partial charge in [0.05, 0.1) is 0 Å². The van der Waals surface area contributed by atoms with Gasteiger partial charge in [0, 0.05) is 36.6 Å². The maximum absolute atomic E-state index is 12.2. The molecule has 3 rings (SSSR count). The zero-order chi connectivity index (χ0) is 13.8. The SMILES string of the molecule is O=C(NCC1CCCN1c1nccs1)C1CC=CCC1. The molecule has 0 bridgehead atoms. The van der Waals surface area contributed by atoms with E-state index in [1.54, 1.807) is 11.3 Å². The lowest BCUT2D eigenvalue weighted by atomic mass is 9.93. The second-order valence-electron chi connectivity index (χ2n) is 5.53. The predicted molar refractivity (Wildman–Crippen MR) is 82.0 cm³/mol. The fourth-order valence-electron chi connectivity index (χ4n) is 3.05. The Labute approximate surface area is 123 Å². The number of nitrogens with zero attached hydrogens (tertiary/aromatic N) is 2. The van der Waals surface area contributed by atoms with Crippen LogP contribution in [-0.4, -0.2) is 30.0 Å². The average molecular weight is 291 g/mol. The van der Waals surface area contributed by atoms with E-state index in [9.17, 15) is 4.79 Å². The minimum Gasteiger partial charge on any atom is -0.354 e. The van der Waals surface area contributed by atoms with Gasteiger partial charge in [-0.2, -0.15) is 0 Å². The molecule has 1 N–H and O–H groups in total. The highest BCUT2D eigenvalue weighted by molar-refractivity contribution is 7.13. The third-order valence-corrected chi connectivity index (χ3v) is 5.00. The highest BCUT2D eigenvalue weighted by atomic mass is 32.1. The first-order valence-corrected chi connectivity index (χ1v) is 8.31. The Morgan fingerprint density at radius 1 is 1.45 bits per heavy atom. The summed E-state index contributed by atoms with van der Waals surface area (Å²) >= 11 is 1.68. The van der Waals surface area contributed by atoms with Crippen molar-refractivity contribution in [3.63, 3.8) is 0 Å². The fraction of sp³-hybridized carbons (Fsp3) is 0.600. The van der Waals surface area contributed by atoms with Crippen LogP contribution < -0.4 is 10.2 Å². The number of carbonyl (C=O) groups is 1. The Morgan fingerprint density at radius 2 is 2.40 bits per heavy atom. The Bertz CT molecular complexity index is 471. The lowest BCUT2D eigenvalue weighted by Gasteiger charge is -2.25. The lowest BCUT2D eigenvalue weighted by Crippen LogP contribution is -2.42. The maximum atomic E-state index is 12.2. The Balaban J connectivity index is 1.52. The first kappa shape index (κ1) is 13.6. The fourth-order valence-corrected chi connectivity index (χ4v) is 3.79. The van der Waals surface area contributed by atoms with Crippen LogP contribution in [0.2, 0.25) is 0 Å². The Morgan fingerprint density at radius 3 is 3.15 bits per heavy atom. The van der Waals surface area contributed by atoms with Crippen molar-refractivity contribution in [2.24, 2.45) is 5.92 Å². The summed E-state index contributed by atoms with van der Waals surface area (Å²) in [7, 11) is 0. The van der Waals surface area contributed by atoms with E-state index < -0.39 is 0 Å². The third kappa shape index (κ3) is 3.03. The maximum Gasteiger partial charge on any atom is 0.223 e. The molecule has 20 heavy (non-hydrogen) atoms. The normalized spacial score (nSPS) is 25.9. The molecule has 4 nitrogen and oxygen atoms in total. The minimum atomic E-state index is 0.176. The molecule has 0 spiro atoms. The lowest BCUT2D eigenvalue weighted by molar-refractivity contribution is -0.125. The number of nitrogens with one attached hydrogen (secondary N) is 1. The first-order chi connectivity index (χ1) is 9.84. The number of thiazole rings is 1. The molecule has 2 atom stereocenters. The van der Waals surface area contributed by atoms with Crippen LogP contribution in [0.15, 0.2) is 23.7 Å². The molecule has 0 radical (unpaired) electrons. The van der Waals surface area contributed by atoms with Crippen molar-refractivity contribution in [2.75, 3.05) is 18.0 Å². The summed E-state index contributed by atoms with van der Waals surface area (Å²) in [4.78, 5) is 18.9. The summed E-state index contributed by atoms with van der Waals surface area (Å²) < 4.78 is 0. The van der Waals surface area contributed by atoms with Crippen molar-refractivity contribution in [1.82, 2.24) is 10.3 Å². The van der Waals surface area contributed by atoms with Gasteiger partial charge in [-0.05, 0) is 32.1 Å². The second kappa shape index (κ2) is 6.39. The molecule has 1 aromatic heterocycles. The molecule has 1 aliphatic carbocycles. The molecule has 5 heteroatoms. The monoisotopic (exact) mass is 291 g/mol. The van der Waals surface area contributed by atoms with Gasteiger partial charge < -0.3 is 10.2 Å². The van der Waals surface area contributed by atoms with E-state index in [1.165, 1.54) is 6.42 Å². The van der Waals surface area contributed by atoms with Crippen molar-refractivity contribution >= 4 is 22.4 Å². The van der Waals surface area contributed by atoms with Crippen LogP contribution in [0.25, 0.3) is 0 Å². The number of allylic oxidation sites excluding steroid dienone is 2. The van der Waals surface area contributed by atoms with Crippen molar-refractivity contribution < 1.29 is 4.79 Å². The van der Waals surface area contributed by atoms with E-state index in [4.69, 9.17) is 0 Å². The van der Waals surface area contributed by atoms with Gasteiger partial charge in [0.1, 0.15) is 0 Å². The summed E-state index contributed by atoms with van der Waals surface area (Å²) in [5, 5.41) is 6.25. The Hall–Kier alpha value is -1.36. The van der Waals surface area contributed by atoms with Gasteiger partial charge in [-0.15, -0.1) is 11.3 Å². The number of carbonyl (C=O) groups excluding carboxylic acids is 1. The van der Waals surface area contributed by atoms with Crippen molar-refractivity contribution in [2.45, 2.75) is 38.1 Å². The molecule has 108 valence electrons. The van der Waals surface area contributed by atoms with E-state index >= 15 is 0 Å². The summed E-state index contributed by atoms with van der Waals surface area (Å²) in [6.45, 7) is 1.80. The smallest absolute Gasteiger partial charge is 0.223 e. The van der Waals surface area contributed by atoms with Crippen molar-refractivity contribution in [3.8, 4) is 0 Å². The van der Waals surface area contributed by atoms with E-state index in [-0.39, 0.29) is 11.8 Å². The van der Waals surface area contributed by atoms with Gasteiger partial charge in [-0.25, -0.2) is 4.98 Å². The molecule has 2 aliphatic rings. The van der Waals surface area contributed by atoms with E-state index in [0.29, 0.717) is 6.04 Å². The van der Waals surface area contributed by atoms with E-state index in [2.05, 4.69) is 27.4 Å². The van der Waals surface area contributed by atoms with Crippen LogP contribution >= 0.6 is 11.3 Å². The van der Waals surface area contributed by atoms with Gasteiger partial charge in [0.2, 0.25) is 5.91 Å². The second-order valence-corrected chi connectivity index (χ2v) is 6.40. The number of anilines is 1. The summed E-state index contributed by atoms with van der Waals surface area (Å²) in [5.74, 6) is 0.398. The van der Waals surface area contributed by atoms with Crippen LogP contribution in [0.4, 0.5) is 5.13 Å². The van der Waals surface area contributed by atoms with Crippen LogP contribution in [0.5, 0.6) is 0 Å². The third-order valence-electron chi connectivity index (χ3n) is 4.19. The van der Waals surface area contributed by atoms with Crippen LogP contribution in [0.1, 0.15) is 32.1 Å². The predicted octanol–water partition coefficient (Wildman–Crippen LogP) is 2.58. The molecule has 1 aliphatic heterocycles. The highest BCUT2D eigenvalue weighted by Gasteiger charge is 2.27. The van der Waals surface area contributed by atoms with Crippen LogP contribution in [0, 0.1) is 5.92 Å². The van der Waals surface area contributed by atoms with Crippen molar-refractivity contribution in [3.05, 3.63) is 23.7 Å². The summed E-state index contributed by atoms with van der Waals surface area (Å²) in [6, 6.07) is 0.407. The van der Waals surface area contributed by atoms with Gasteiger partial charge in [0.15, 0.2) is 5.13 Å². The number of hydrogen-bond acceptors (Lipinski definition) is 4. The standard InChI is InChI=1S/C15H21N3OS/c19-14(12-5-2-1-3-6-12)17-11-13-7-4-9-18(13)15-16-8-10-20-15/h1-2,8,10,12-13H,3-7,9,11H2,(H,17,19). The zero-order valence-electron chi connectivity index (χ0n) is 11.6. The van der Waals surface area contributed by atoms with Crippen LogP contribution in [0.3, 0.4) is 0 Å².